The monoisotopic (exact) mass is 325 g/mol. The van der Waals surface area contributed by atoms with Crippen molar-refractivity contribution >= 4 is 40.2 Å². The van der Waals surface area contributed by atoms with Crippen molar-refractivity contribution in [1.82, 2.24) is 4.98 Å². The molecule has 0 aliphatic rings. The molecule has 1 aromatic heterocycles. The molecule has 2 rings (SSSR count). The minimum Gasteiger partial charge on any atom is -0.497 e. The SMILES string of the molecule is CCOC(=O)CSCc1cc2ccc(OC)cc2nc1Cl. The Morgan fingerprint density at radius 2 is 2.19 bits per heavy atom. The molecule has 0 unspecified atom stereocenters. The van der Waals surface area contributed by atoms with E-state index in [1.807, 2.05) is 24.3 Å². The van der Waals surface area contributed by atoms with Crippen LogP contribution in [-0.2, 0) is 15.3 Å². The fraction of sp³-hybridized carbons (Fsp3) is 0.333. The molecule has 0 aliphatic heterocycles. The Balaban J connectivity index is 2.10. The van der Waals surface area contributed by atoms with Crippen LogP contribution in [0.3, 0.4) is 0 Å². The number of hydrogen-bond donors (Lipinski definition) is 0. The van der Waals surface area contributed by atoms with E-state index >= 15 is 0 Å². The highest BCUT2D eigenvalue weighted by molar-refractivity contribution is 7.99. The van der Waals surface area contributed by atoms with E-state index < -0.39 is 0 Å². The summed E-state index contributed by atoms with van der Waals surface area (Å²) in [6.45, 7) is 2.19. The Bertz CT molecular complexity index is 648. The number of rotatable bonds is 6. The molecule has 0 amide bonds. The van der Waals surface area contributed by atoms with Gasteiger partial charge in [-0.15, -0.1) is 11.8 Å². The number of methoxy groups -OCH3 is 1. The molecule has 0 atom stereocenters. The Kier molecular flexibility index (Phi) is 5.70. The molecule has 2 aromatic rings. The first-order valence-electron chi connectivity index (χ1n) is 6.50. The topological polar surface area (TPSA) is 48.4 Å². The van der Waals surface area contributed by atoms with Gasteiger partial charge in [0.1, 0.15) is 10.9 Å². The third-order valence-electron chi connectivity index (χ3n) is 2.83. The van der Waals surface area contributed by atoms with Crippen molar-refractivity contribution in [2.45, 2.75) is 12.7 Å². The highest BCUT2D eigenvalue weighted by Gasteiger charge is 2.08. The van der Waals surface area contributed by atoms with E-state index in [0.717, 1.165) is 22.2 Å². The molecule has 21 heavy (non-hydrogen) atoms. The van der Waals surface area contributed by atoms with Gasteiger partial charge in [0.15, 0.2) is 0 Å². The zero-order valence-corrected chi connectivity index (χ0v) is 13.5. The molecule has 0 fully saturated rings. The van der Waals surface area contributed by atoms with Crippen molar-refractivity contribution in [2.75, 3.05) is 19.5 Å². The van der Waals surface area contributed by atoms with Crippen LogP contribution in [0, 0.1) is 0 Å². The molecule has 4 nitrogen and oxygen atoms in total. The molecule has 0 bridgehead atoms. The minimum absolute atomic E-state index is 0.211. The van der Waals surface area contributed by atoms with E-state index in [9.17, 15) is 4.79 Å². The average molecular weight is 326 g/mol. The Hall–Kier alpha value is -1.46. The van der Waals surface area contributed by atoms with Gasteiger partial charge in [-0.25, -0.2) is 4.98 Å². The highest BCUT2D eigenvalue weighted by Crippen LogP contribution is 2.26. The number of benzene rings is 1. The maximum Gasteiger partial charge on any atom is 0.315 e. The number of halogens is 1. The number of nitrogens with zero attached hydrogens (tertiary/aromatic N) is 1. The maximum absolute atomic E-state index is 11.3. The number of esters is 1. The van der Waals surface area contributed by atoms with Gasteiger partial charge < -0.3 is 9.47 Å². The van der Waals surface area contributed by atoms with Gasteiger partial charge >= 0.3 is 5.97 Å². The lowest BCUT2D eigenvalue weighted by molar-refractivity contribution is -0.139. The quantitative estimate of drug-likeness (QED) is 0.599. The van der Waals surface area contributed by atoms with Crippen molar-refractivity contribution in [2.24, 2.45) is 0 Å². The molecular weight excluding hydrogens is 310 g/mol. The molecule has 0 N–H and O–H groups in total. The summed E-state index contributed by atoms with van der Waals surface area (Å²) in [4.78, 5) is 15.7. The summed E-state index contributed by atoms with van der Waals surface area (Å²) in [5, 5.41) is 1.44. The zero-order chi connectivity index (χ0) is 15.2. The summed E-state index contributed by atoms with van der Waals surface area (Å²) in [5.74, 6) is 1.46. The predicted octanol–water partition coefficient (Wildman–Crippen LogP) is 3.69. The first-order valence-corrected chi connectivity index (χ1v) is 8.04. The van der Waals surface area contributed by atoms with Crippen molar-refractivity contribution in [1.29, 1.82) is 0 Å². The first kappa shape index (κ1) is 15.9. The molecule has 0 radical (unpaired) electrons. The third-order valence-corrected chi connectivity index (χ3v) is 4.12. The van der Waals surface area contributed by atoms with Crippen LogP contribution in [0.25, 0.3) is 10.9 Å². The van der Waals surface area contributed by atoms with E-state index in [1.165, 1.54) is 11.8 Å². The van der Waals surface area contributed by atoms with E-state index in [0.29, 0.717) is 23.3 Å². The fourth-order valence-corrected chi connectivity index (χ4v) is 2.93. The van der Waals surface area contributed by atoms with E-state index in [2.05, 4.69) is 4.98 Å². The Labute approximate surface area is 132 Å². The highest BCUT2D eigenvalue weighted by atomic mass is 35.5. The second kappa shape index (κ2) is 7.52. The summed E-state index contributed by atoms with van der Waals surface area (Å²) < 4.78 is 10.1. The fourth-order valence-electron chi connectivity index (χ4n) is 1.84. The minimum atomic E-state index is -0.211. The first-order chi connectivity index (χ1) is 10.1. The Morgan fingerprint density at radius 1 is 1.38 bits per heavy atom. The Morgan fingerprint density at radius 3 is 2.90 bits per heavy atom. The molecule has 0 spiro atoms. The number of fused-ring (bicyclic) bond motifs is 1. The van der Waals surface area contributed by atoms with Gasteiger partial charge in [-0.05, 0) is 25.1 Å². The molecule has 0 saturated heterocycles. The molecule has 1 heterocycles. The van der Waals surface area contributed by atoms with Gasteiger partial charge in [0.2, 0.25) is 0 Å². The number of carbonyl (C=O) groups is 1. The van der Waals surface area contributed by atoms with Crippen molar-refractivity contribution in [3.8, 4) is 5.75 Å². The lowest BCUT2D eigenvalue weighted by atomic mass is 10.1. The maximum atomic E-state index is 11.3. The van der Waals surface area contributed by atoms with Gasteiger partial charge in [-0.3, -0.25) is 4.79 Å². The molecule has 0 saturated carbocycles. The number of pyridine rings is 1. The van der Waals surface area contributed by atoms with Crippen LogP contribution in [0.1, 0.15) is 12.5 Å². The van der Waals surface area contributed by atoms with Crippen LogP contribution in [0.4, 0.5) is 0 Å². The van der Waals surface area contributed by atoms with Crippen LogP contribution in [0.15, 0.2) is 24.3 Å². The van der Waals surface area contributed by atoms with Gasteiger partial charge in [-0.2, -0.15) is 0 Å². The number of aromatic nitrogens is 1. The number of carbonyl (C=O) groups excluding carboxylic acids is 1. The number of ether oxygens (including phenoxy) is 2. The van der Waals surface area contributed by atoms with Gasteiger partial charge in [0, 0.05) is 22.8 Å². The summed E-state index contributed by atoms with van der Waals surface area (Å²) >= 11 is 7.65. The third kappa shape index (κ3) is 4.25. The van der Waals surface area contributed by atoms with Crippen LogP contribution < -0.4 is 4.74 Å². The van der Waals surface area contributed by atoms with Crippen molar-refractivity contribution < 1.29 is 14.3 Å². The van der Waals surface area contributed by atoms with Crippen LogP contribution in [0.5, 0.6) is 5.75 Å². The second-order valence-corrected chi connectivity index (χ2v) is 5.64. The second-order valence-electron chi connectivity index (χ2n) is 4.29. The standard InChI is InChI=1S/C15H16ClNO3S/c1-3-20-14(18)9-21-8-11-6-10-4-5-12(19-2)7-13(10)17-15(11)16/h4-7H,3,8-9H2,1-2H3. The van der Waals surface area contributed by atoms with Crippen molar-refractivity contribution in [3.63, 3.8) is 0 Å². The van der Waals surface area contributed by atoms with Crippen LogP contribution >= 0.6 is 23.4 Å². The average Bonchev–Trinajstić information content (AvgIpc) is 2.47. The zero-order valence-electron chi connectivity index (χ0n) is 11.9. The molecule has 1 aromatic carbocycles. The number of hydrogen-bond acceptors (Lipinski definition) is 5. The van der Waals surface area contributed by atoms with Crippen LogP contribution in [-0.4, -0.2) is 30.4 Å². The van der Waals surface area contributed by atoms with Crippen LogP contribution in [0.2, 0.25) is 5.15 Å². The summed E-state index contributed by atoms with van der Waals surface area (Å²) in [6, 6.07) is 7.66. The van der Waals surface area contributed by atoms with E-state index in [-0.39, 0.29) is 5.97 Å². The lowest BCUT2D eigenvalue weighted by Crippen LogP contribution is -2.06. The van der Waals surface area contributed by atoms with E-state index in [1.54, 1.807) is 14.0 Å². The van der Waals surface area contributed by atoms with Gasteiger partial charge in [0.05, 0.1) is 25.0 Å². The van der Waals surface area contributed by atoms with Gasteiger partial charge in [0.25, 0.3) is 0 Å². The molecule has 112 valence electrons. The number of thioether (sulfide) groups is 1. The largest absolute Gasteiger partial charge is 0.497 e. The van der Waals surface area contributed by atoms with E-state index in [4.69, 9.17) is 21.1 Å². The molecule has 6 heteroatoms. The molecular formula is C15H16ClNO3S. The lowest BCUT2D eigenvalue weighted by Gasteiger charge is -2.07. The van der Waals surface area contributed by atoms with Gasteiger partial charge in [-0.1, -0.05) is 11.6 Å². The summed E-state index contributed by atoms with van der Waals surface area (Å²) in [5.41, 5.74) is 1.70. The summed E-state index contributed by atoms with van der Waals surface area (Å²) in [6.07, 6.45) is 0. The van der Waals surface area contributed by atoms with Crippen molar-refractivity contribution in [3.05, 3.63) is 35.0 Å². The normalized spacial score (nSPS) is 10.6. The summed E-state index contributed by atoms with van der Waals surface area (Å²) in [7, 11) is 1.61. The smallest absolute Gasteiger partial charge is 0.315 e. The predicted molar refractivity (Wildman–Crippen MR) is 86.1 cm³/mol. The molecule has 0 aliphatic carbocycles.